The van der Waals surface area contributed by atoms with E-state index in [1.807, 2.05) is 0 Å². The number of carbonyl (C=O) groups is 2. The van der Waals surface area contributed by atoms with E-state index in [1.165, 1.54) is 25.3 Å². The van der Waals surface area contributed by atoms with Crippen LogP contribution in [0.15, 0.2) is 24.3 Å². The Kier molecular flexibility index (Phi) is 5.52. The highest BCUT2D eigenvalue weighted by atomic mass is 19.1. The molecule has 6 heteroatoms. The summed E-state index contributed by atoms with van der Waals surface area (Å²) in [6.07, 6.45) is -0.953. The molecule has 0 aliphatic heterocycles. The Morgan fingerprint density at radius 2 is 1.77 bits per heavy atom. The lowest BCUT2D eigenvalue weighted by Crippen LogP contribution is -2.47. The van der Waals surface area contributed by atoms with E-state index >= 15 is 0 Å². The third-order valence-corrected chi connectivity index (χ3v) is 2.97. The minimum atomic E-state index is -1.28. The second-order valence-electron chi connectivity index (χ2n) is 6.19. The molecule has 0 aliphatic carbocycles. The minimum absolute atomic E-state index is 0.186. The number of amides is 1. The highest BCUT2D eigenvalue weighted by Gasteiger charge is 2.35. The van der Waals surface area contributed by atoms with Crippen LogP contribution < -0.4 is 5.32 Å². The summed E-state index contributed by atoms with van der Waals surface area (Å²) in [7, 11) is 1.23. The van der Waals surface area contributed by atoms with Crippen LogP contribution >= 0.6 is 0 Å². The van der Waals surface area contributed by atoms with E-state index in [2.05, 4.69) is 10.1 Å². The zero-order valence-electron chi connectivity index (χ0n) is 13.5. The summed E-state index contributed by atoms with van der Waals surface area (Å²) >= 11 is 0. The second-order valence-corrected chi connectivity index (χ2v) is 6.19. The van der Waals surface area contributed by atoms with Gasteiger partial charge in [-0.05, 0) is 33.8 Å². The molecule has 0 heterocycles. The lowest BCUT2D eigenvalue weighted by molar-refractivity contribution is -0.142. The summed E-state index contributed by atoms with van der Waals surface area (Å²) in [6.45, 7) is 6.69. The summed E-state index contributed by atoms with van der Waals surface area (Å²) in [5.41, 5.74) is -1.79. The van der Waals surface area contributed by atoms with Crippen molar-refractivity contribution >= 4 is 12.1 Å². The van der Waals surface area contributed by atoms with Crippen molar-refractivity contribution in [3.05, 3.63) is 35.6 Å². The summed E-state index contributed by atoms with van der Waals surface area (Å²) in [5, 5.41) is 2.57. The molecule has 0 bridgehead atoms. The molecule has 0 aliphatic rings. The van der Waals surface area contributed by atoms with Crippen LogP contribution in [0.2, 0.25) is 0 Å². The summed E-state index contributed by atoms with van der Waals surface area (Å²) in [5.74, 6) is -1.09. The van der Waals surface area contributed by atoms with Gasteiger partial charge in [-0.2, -0.15) is 0 Å². The number of halogens is 1. The van der Waals surface area contributed by atoms with E-state index in [0.717, 1.165) is 0 Å². The molecule has 22 heavy (non-hydrogen) atoms. The van der Waals surface area contributed by atoms with Crippen molar-refractivity contribution in [1.82, 2.24) is 5.32 Å². The van der Waals surface area contributed by atoms with Crippen molar-refractivity contribution in [3.63, 3.8) is 0 Å². The number of hydrogen-bond donors (Lipinski definition) is 1. The van der Waals surface area contributed by atoms with Gasteiger partial charge in [0.1, 0.15) is 11.4 Å². The van der Waals surface area contributed by atoms with Crippen molar-refractivity contribution in [2.75, 3.05) is 7.11 Å². The standard InChI is InChI=1S/C16H22FNO4/c1-15(2,3)22-14(20)18-16(4,10-13(19)21-5)11-8-6-7-9-12(11)17/h6-9H,10H2,1-5H3,(H,18,20). The van der Waals surface area contributed by atoms with Crippen molar-refractivity contribution in [1.29, 1.82) is 0 Å². The molecule has 1 aromatic carbocycles. The predicted octanol–water partition coefficient (Wildman–Crippen LogP) is 3.13. The van der Waals surface area contributed by atoms with Gasteiger partial charge < -0.3 is 14.8 Å². The number of rotatable bonds is 4. The average molecular weight is 311 g/mol. The van der Waals surface area contributed by atoms with Crippen LogP contribution in [0.3, 0.4) is 0 Å². The maximum Gasteiger partial charge on any atom is 0.408 e. The molecule has 0 radical (unpaired) electrons. The van der Waals surface area contributed by atoms with Gasteiger partial charge >= 0.3 is 12.1 Å². The number of alkyl carbamates (subject to hydrolysis) is 1. The smallest absolute Gasteiger partial charge is 0.408 e. The van der Waals surface area contributed by atoms with Crippen LogP contribution in [0, 0.1) is 5.82 Å². The Labute approximate surface area is 129 Å². The fourth-order valence-electron chi connectivity index (χ4n) is 2.01. The Morgan fingerprint density at radius 1 is 1.18 bits per heavy atom. The van der Waals surface area contributed by atoms with Crippen LogP contribution in [-0.2, 0) is 19.8 Å². The number of esters is 1. The lowest BCUT2D eigenvalue weighted by Gasteiger charge is -2.32. The second kappa shape index (κ2) is 6.77. The average Bonchev–Trinajstić information content (AvgIpc) is 2.36. The number of carbonyl (C=O) groups excluding carboxylic acids is 2. The summed E-state index contributed by atoms with van der Waals surface area (Å²) < 4.78 is 23.9. The Morgan fingerprint density at radius 3 is 2.27 bits per heavy atom. The molecule has 1 unspecified atom stereocenters. The molecule has 0 aromatic heterocycles. The van der Waals surface area contributed by atoms with E-state index < -0.39 is 29.0 Å². The van der Waals surface area contributed by atoms with E-state index in [0.29, 0.717) is 0 Å². The zero-order chi connectivity index (χ0) is 17.0. The van der Waals surface area contributed by atoms with Gasteiger partial charge in [0, 0.05) is 5.56 Å². The number of benzene rings is 1. The first-order valence-corrected chi connectivity index (χ1v) is 6.90. The molecule has 5 nitrogen and oxygen atoms in total. The Hall–Kier alpha value is -2.11. The quantitative estimate of drug-likeness (QED) is 0.868. The van der Waals surface area contributed by atoms with E-state index in [-0.39, 0.29) is 12.0 Å². The van der Waals surface area contributed by atoms with Crippen LogP contribution in [0.1, 0.15) is 39.7 Å². The van der Waals surface area contributed by atoms with Crippen LogP contribution in [-0.4, -0.2) is 24.8 Å². The molecule has 122 valence electrons. The molecule has 0 saturated carbocycles. The van der Waals surface area contributed by atoms with Gasteiger partial charge in [-0.1, -0.05) is 18.2 Å². The van der Waals surface area contributed by atoms with Gasteiger partial charge in [0.2, 0.25) is 0 Å². The lowest BCUT2D eigenvalue weighted by atomic mass is 9.88. The molecule has 0 saturated heterocycles. The first-order chi connectivity index (χ1) is 10.1. The third-order valence-electron chi connectivity index (χ3n) is 2.97. The monoisotopic (exact) mass is 311 g/mol. The highest BCUT2D eigenvalue weighted by molar-refractivity contribution is 5.74. The number of ether oxygens (including phenoxy) is 2. The van der Waals surface area contributed by atoms with Gasteiger partial charge in [0.05, 0.1) is 19.1 Å². The van der Waals surface area contributed by atoms with E-state index in [9.17, 15) is 14.0 Å². The molecule has 1 amide bonds. The SMILES string of the molecule is COC(=O)CC(C)(NC(=O)OC(C)(C)C)c1ccccc1F. The normalized spacial score (nSPS) is 13.9. The van der Waals surface area contributed by atoms with Crippen molar-refractivity contribution in [3.8, 4) is 0 Å². The first-order valence-electron chi connectivity index (χ1n) is 6.90. The van der Waals surface area contributed by atoms with E-state index in [4.69, 9.17) is 4.74 Å². The fraction of sp³-hybridized carbons (Fsp3) is 0.500. The maximum atomic E-state index is 14.1. The zero-order valence-corrected chi connectivity index (χ0v) is 13.5. The van der Waals surface area contributed by atoms with Gasteiger partial charge in [-0.3, -0.25) is 4.79 Å². The van der Waals surface area contributed by atoms with Gasteiger partial charge in [-0.15, -0.1) is 0 Å². The van der Waals surface area contributed by atoms with Gasteiger partial charge in [0.25, 0.3) is 0 Å². The van der Waals surface area contributed by atoms with Crippen molar-refractivity contribution in [2.45, 2.75) is 45.3 Å². The molecular weight excluding hydrogens is 289 g/mol. The van der Waals surface area contributed by atoms with Crippen LogP contribution in [0.25, 0.3) is 0 Å². The molecular formula is C16H22FNO4. The van der Waals surface area contributed by atoms with Crippen LogP contribution in [0.5, 0.6) is 0 Å². The molecule has 0 spiro atoms. The number of nitrogens with one attached hydrogen (secondary N) is 1. The summed E-state index contributed by atoms with van der Waals surface area (Å²) in [4.78, 5) is 23.7. The van der Waals surface area contributed by atoms with Crippen molar-refractivity contribution in [2.24, 2.45) is 0 Å². The Bertz CT molecular complexity index is 553. The summed E-state index contributed by atoms with van der Waals surface area (Å²) in [6, 6.07) is 5.94. The number of methoxy groups -OCH3 is 1. The maximum absolute atomic E-state index is 14.1. The highest BCUT2D eigenvalue weighted by Crippen LogP contribution is 2.28. The molecule has 1 aromatic rings. The topological polar surface area (TPSA) is 64.6 Å². The largest absolute Gasteiger partial charge is 0.469 e. The first kappa shape index (κ1) is 17.9. The minimum Gasteiger partial charge on any atom is -0.469 e. The fourth-order valence-corrected chi connectivity index (χ4v) is 2.01. The molecule has 1 N–H and O–H groups in total. The van der Waals surface area contributed by atoms with Crippen LogP contribution in [0.4, 0.5) is 9.18 Å². The predicted molar refractivity (Wildman–Crippen MR) is 79.8 cm³/mol. The van der Waals surface area contributed by atoms with Gasteiger partial charge in [-0.25, -0.2) is 9.18 Å². The number of hydrogen-bond acceptors (Lipinski definition) is 4. The van der Waals surface area contributed by atoms with Gasteiger partial charge in [0.15, 0.2) is 0 Å². The third kappa shape index (κ3) is 5.02. The molecule has 1 rings (SSSR count). The molecule has 1 atom stereocenters. The Balaban J connectivity index is 3.10. The van der Waals surface area contributed by atoms with E-state index in [1.54, 1.807) is 33.8 Å². The van der Waals surface area contributed by atoms with Crippen molar-refractivity contribution < 1.29 is 23.5 Å². The molecule has 0 fully saturated rings.